The Morgan fingerprint density at radius 1 is 1.62 bits per heavy atom. The van der Waals surface area contributed by atoms with Gasteiger partial charge < -0.3 is 0 Å². The molecule has 0 aliphatic carbocycles. The number of aryl methyl sites for hydroxylation is 1. The van der Waals surface area contributed by atoms with Crippen molar-refractivity contribution in [3.8, 4) is 6.07 Å². The van der Waals surface area contributed by atoms with Crippen LogP contribution in [-0.2, 0) is 0 Å². The van der Waals surface area contributed by atoms with Crippen LogP contribution in [-0.4, -0.2) is 5.78 Å². The van der Waals surface area contributed by atoms with Crippen molar-refractivity contribution < 1.29 is 4.79 Å². The first-order valence-corrected chi connectivity index (χ1v) is 4.19. The van der Waals surface area contributed by atoms with Crippen molar-refractivity contribution in [2.45, 2.75) is 13.3 Å². The molecule has 0 unspecified atom stereocenters. The van der Waals surface area contributed by atoms with E-state index in [1.165, 1.54) is 0 Å². The Bertz CT molecular complexity index is 379. The first kappa shape index (κ1) is 9.76. The highest BCUT2D eigenvalue weighted by Gasteiger charge is 2.07. The number of carbonyl (C=O) groups excluding carboxylic acids is 1. The van der Waals surface area contributed by atoms with Gasteiger partial charge in [-0.2, -0.15) is 5.26 Å². The number of Topliss-reactive ketones (excluding diaryl/α,β-unsaturated/α-hetero) is 1. The van der Waals surface area contributed by atoms with Gasteiger partial charge in [-0.1, -0.05) is 11.6 Å². The molecule has 0 fully saturated rings. The number of rotatable bonds is 2. The molecule has 1 aromatic carbocycles. The maximum Gasteiger partial charge on any atom is 0.177 e. The number of benzene rings is 1. The SMILES string of the molecule is Cc1cc(Cl)ccc1C(=O)CC#N. The maximum absolute atomic E-state index is 11.3. The number of nitrogens with zero attached hydrogens (tertiary/aromatic N) is 1. The normalized spacial score (nSPS) is 9.31. The van der Waals surface area contributed by atoms with Gasteiger partial charge in [-0.15, -0.1) is 0 Å². The number of hydrogen-bond donors (Lipinski definition) is 0. The van der Waals surface area contributed by atoms with Crippen molar-refractivity contribution in [2.75, 3.05) is 0 Å². The molecule has 66 valence electrons. The van der Waals surface area contributed by atoms with Crippen molar-refractivity contribution in [1.29, 1.82) is 5.26 Å². The summed E-state index contributed by atoms with van der Waals surface area (Å²) in [5, 5.41) is 8.95. The summed E-state index contributed by atoms with van der Waals surface area (Å²) in [4.78, 5) is 11.3. The third-order valence-corrected chi connectivity index (χ3v) is 1.96. The molecule has 2 nitrogen and oxygen atoms in total. The summed E-state index contributed by atoms with van der Waals surface area (Å²) in [6.07, 6.45) is -0.0809. The fraction of sp³-hybridized carbons (Fsp3) is 0.200. The molecular formula is C10H8ClNO. The molecule has 0 saturated heterocycles. The molecule has 0 amide bonds. The van der Waals surface area contributed by atoms with E-state index in [0.717, 1.165) is 5.56 Å². The third-order valence-electron chi connectivity index (χ3n) is 1.73. The minimum absolute atomic E-state index is 0.0809. The first-order valence-electron chi connectivity index (χ1n) is 3.81. The van der Waals surface area contributed by atoms with Crippen LogP contribution in [0.2, 0.25) is 5.02 Å². The summed E-state index contributed by atoms with van der Waals surface area (Å²) in [5.41, 5.74) is 1.39. The number of ketones is 1. The van der Waals surface area contributed by atoms with Gasteiger partial charge in [0, 0.05) is 10.6 Å². The van der Waals surface area contributed by atoms with Gasteiger partial charge in [-0.05, 0) is 30.7 Å². The lowest BCUT2D eigenvalue weighted by molar-refractivity contribution is 0.0997. The molecule has 0 radical (unpaired) electrons. The van der Waals surface area contributed by atoms with Crippen molar-refractivity contribution >= 4 is 17.4 Å². The van der Waals surface area contributed by atoms with E-state index in [2.05, 4.69) is 0 Å². The van der Waals surface area contributed by atoms with Gasteiger partial charge in [-0.25, -0.2) is 0 Å². The highest BCUT2D eigenvalue weighted by molar-refractivity contribution is 6.30. The topological polar surface area (TPSA) is 40.9 Å². The largest absolute Gasteiger partial charge is 0.293 e. The molecular weight excluding hydrogens is 186 g/mol. The molecule has 0 spiro atoms. The molecule has 3 heteroatoms. The summed E-state index contributed by atoms with van der Waals surface area (Å²) in [5.74, 6) is -0.156. The highest BCUT2D eigenvalue weighted by Crippen LogP contribution is 2.16. The van der Waals surface area contributed by atoms with E-state index in [-0.39, 0.29) is 12.2 Å². The average Bonchev–Trinajstić information content (AvgIpc) is 2.04. The van der Waals surface area contributed by atoms with Gasteiger partial charge >= 0.3 is 0 Å². The van der Waals surface area contributed by atoms with Crippen LogP contribution >= 0.6 is 11.6 Å². The predicted octanol–water partition coefficient (Wildman–Crippen LogP) is 2.74. The molecule has 13 heavy (non-hydrogen) atoms. The fourth-order valence-corrected chi connectivity index (χ4v) is 1.33. The fourth-order valence-electron chi connectivity index (χ4n) is 1.11. The highest BCUT2D eigenvalue weighted by atomic mass is 35.5. The molecule has 0 aliphatic rings. The standard InChI is InChI=1S/C10H8ClNO/c1-7-6-8(11)2-3-9(7)10(13)4-5-12/h2-3,6H,4H2,1H3. The molecule has 0 aliphatic heterocycles. The third kappa shape index (κ3) is 2.30. The van der Waals surface area contributed by atoms with Crippen LogP contribution in [0.4, 0.5) is 0 Å². The molecule has 0 saturated carbocycles. The smallest absolute Gasteiger partial charge is 0.177 e. The van der Waals surface area contributed by atoms with Gasteiger partial charge in [0.15, 0.2) is 5.78 Å². The first-order chi connectivity index (χ1) is 6.15. The van der Waals surface area contributed by atoms with E-state index in [1.807, 2.05) is 6.07 Å². The van der Waals surface area contributed by atoms with Crippen LogP contribution in [0.1, 0.15) is 22.3 Å². The van der Waals surface area contributed by atoms with Crippen molar-refractivity contribution in [2.24, 2.45) is 0 Å². The quantitative estimate of drug-likeness (QED) is 0.678. The molecule has 0 atom stereocenters. The van der Waals surface area contributed by atoms with Crippen LogP contribution in [0.15, 0.2) is 18.2 Å². The van der Waals surface area contributed by atoms with Gasteiger partial charge in [0.25, 0.3) is 0 Å². The monoisotopic (exact) mass is 193 g/mol. The Morgan fingerprint density at radius 3 is 2.85 bits per heavy atom. The van der Waals surface area contributed by atoms with Crippen LogP contribution in [0, 0.1) is 18.3 Å². The minimum Gasteiger partial charge on any atom is -0.293 e. The molecule has 0 N–H and O–H groups in total. The van der Waals surface area contributed by atoms with Crippen LogP contribution in [0.5, 0.6) is 0 Å². The number of carbonyl (C=O) groups is 1. The van der Waals surface area contributed by atoms with Crippen molar-refractivity contribution in [3.05, 3.63) is 34.3 Å². The Morgan fingerprint density at radius 2 is 2.31 bits per heavy atom. The average molecular weight is 194 g/mol. The lowest BCUT2D eigenvalue weighted by Gasteiger charge is -2.01. The summed E-state index contributed by atoms with van der Waals surface area (Å²) in [6.45, 7) is 1.80. The predicted molar refractivity (Wildman–Crippen MR) is 50.7 cm³/mol. The van der Waals surface area contributed by atoms with E-state index >= 15 is 0 Å². The van der Waals surface area contributed by atoms with Crippen LogP contribution in [0.3, 0.4) is 0 Å². The lowest BCUT2D eigenvalue weighted by Crippen LogP contribution is -1.99. The molecule has 1 rings (SSSR count). The minimum atomic E-state index is -0.156. The van der Waals surface area contributed by atoms with Crippen LogP contribution < -0.4 is 0 Å². The molecule has 0 heterocycles. The van der Waals surface area contributed by atoms with E-state index in [1.54, 1.807) is 25.1 Å². The number of nitriles is 1. The van der Waals surface area contributed by atoms with E-state index in [4.69, 9.17) is 16.9 Å². The summed E-state index contributed by atoms with van der Waals surface area (Å²) in [7, 11) is 0. The van der Waals surface area contributed by atoms with E-state index < -0.39 is 0 Å². The Kier molecular flexibility index (Phi) is 3.05. The molecule has 0 bridgehead atoms. The zero-order chi connectivity index (χ0) is 9.84. The molecule has 0 aromatic heterocycles. The van der Waals surface area contributed by atoms with E-state index in [9.17, 15) is 4.79 Å². The second-order valence-corrected chi connectivity index (χ2v) is 3.15. The Labute approximate surface area is 81.7 Å². The number of hydrogen-bond acceptors (Lipinski definition) is 2. The van der Waals surface area contributed by atoms with Gasteiger partial charge in [0.1, 0.15) is 0 Å². The Balaban J connectivity index is 3.03. The second kappa shape index (κ2) is 4.06. The van der Waals surface area contributed by atoms with Gasteiger partial charge in [-0.3, -0.25) is 4.79 Å². The lowest BCUT2D eigenvalue weighted by atomic mass is 10.0. The van der Waals surface area contributed by atoms with E-state index in [0.29, 0.717) is 10.6 Å². The summed E-state index contributed by atoms with van der Waals surface area (Å²) in [6, 6.07) is 6.84. The zero-order valence-corrected chi connectivity index (χ0v) is 7.93. The zero-order valence-electron chi connectivity index (χ0n) is 7.17. The Hall–Kier alpha value is -1.33. The molecule has 1 aromatic rings. The van der Waals surface area contributed by atoms with Gasteiger partial charge in [0.2, 0.25) is 0 Å². The maximum atomic E-state index is 11.3. The summed E-state index contributed by atoms with van der Waals surface area (Å²) < 4.78 is 0. The summed E-state index contributed by atoms with van der Waals surface area (Å²) >= 11 is 5.72. The van der Waals surface area contributed by atoms with Crippen molar-refractivity contribution in [1.82, 2.24) is 0 Å². The van der Waals surface area contributed by atoms with Crippen LogP contribution in [0.25, 0.3) is 0 Å². The number of halogens is 1. The van der Waals surface area contributed by atoms with Gasteiger partial charge in [0.05, 0.1) is 12.5 Å². The van der Waals surface area contributed by atoms with Crippen molar-refractivity contribution in [3.63, 3.8) is 0 Å². The second-order valence-electron chi connectivity index (χ2n) is 2.72.